The van der Waals surface area contributed by atoms with Gasteiger partial charge in [-0.15, -0.1) is 0 Å². The molecule has 5 nitrogen and oxygen atoms in total. The lowest BCUT2D eigenvalue weighted by molar-refractivity contribution is 0.599. The Balaban J connectivity index is 2.60. The average Bonchev–Trinajstić information content (AvgIpc) is 2.37. The fraction of sp³-hybridized carbons (Fsp3) is 0.312. The molecule has 0 aliphatic carbocycles. The van der Waals surface area contributed by atoms with Crippen LogP contribution in [0.15, 0.2) is 34.1 Å². The van der Waals surface area contributed by atoms with Crippen molar-refractivity contribution < 1.29 is 8.42 Å². The first kappa shape index (κ1) is 16.3. The minimum absolute atomic E-state index is 0.0874. The molecule has 0 aliphatic rings. The van der Waals surface area contributed by atoms with Crippen molar-refractivity contribution >= 4 is 15.7 Å². The van der Waals surface area contributed by atoms with E-state index < -0.39 is 10.0 Å². The molecule has 1 heterocycles. The maximum atomic E-state index is 12.7. The number of anilines is 1. The summed E-state index contributed by atoms with van der Waals surface area (Å²) in [4.78, 5) is 12.4. The van der Waals surface area contributed by atoms with Gasteiger partial charge in [-0.05, 0) is 50.5 Å². The average molecular weight is 320 g/mol. The summed E-state index contributed by atoms with van der Waals surface area (Å²) in [7, 11) is -2.23. The van der Waals surface area contributed by atoms with Crippen molar-refractivity contribution in [3.8, 4) is 0 Å². The van der Waals surface area contributed by atoms with E-state index in [0.29, 0.717) is 16.7 Å². The van der Waals surface area contributed by atoms with Gasteiger partial charge in [0.25, 0.3) is 15.6 Å². The van der Waals surface area contributed by atoms with Crippen LogP contribution in [0, 0.1) is 27.7 Å². The lowest BCUT2D eigenvalue weighted by atomic mass is 10.1. The molecule has 0 aliphatic heterocycles. The molecule has 0 fully saturated rings. The van der Waals surface area contributed by atoms with Gasteiger partial charge in [0, 0.05) is 13.2 Å². The van der Waals surface area contributed by atoms with Crippen LogP contribution in [-0.2, 0) is 17.1 Å². The van der Waals surface area contributed by atoms with E-state index in [4.69, 9.17) is 0 Å². The molecule has 0 amide bonds. The van der Waals surface area contributed by atoms with Gasteiger partial charge in [0.2, 0.25) is 0 Å². The molecular formula is C16H20N2O3S. The molecule has 2 rings (SSSR count). The van der Waals surface area contributed by atoms with Crippen molar-refractivity contribution in [1.82, 2.24) is 4.57 Å². The van der Waals surface area contributed by atoms with Gasteiger partial charge in [0.05, 0.1) is 4.90 Å². The third-order valence-electron chi connectivity index (χ3n) is 3.59. The number of hydrogen-bond donors (Lipinski definition) is 1. The minimum Gasteiger partial charge on any atom is -0.317 e. The topological polar surface area (TPSA) is 68.2 Å². The highest BCUT2D eigenvalue weighted by molar-refractivity contribution is 7.92. The molecule has 0 bridgehead atoms. The minimum atomic E-state index is -3.82. The molecule has 0 atom stereocenters. The standard InChI is InChI=1S/C16H20N2O3S/c1-10-8-12(3)15(13(4)9-10)22(20,21)17-14-11(2)6-7-18(5)16(14)19/h6-9,17H,1-5H3. The number of hydrogen-bond acceptors (Lipinski definition) is 3. The summed E-state index contributed by atoms with van der Waals surface area (Å²) in [6, 6.07) is 5.34. The van der Waals surface area contributed by atoms with Gasteiger partial charge < -0.3 is 4.57 Å². The summed E-state index contributed by atoms with van der Waals surface area (Å²) in [5, 5.41) is 0. The molecule has 118 valence electrons. The zero-order valence-corrected chi connectivity index (χ0v) is 14.2. The number of aryl methyl sites for hydroxylation is 5. The van der Waals surface area contributed by atoms with E-state index in [2.05, 4.69) is 4.72 Å². The third kappa shape index (κ3) is 2.92. The van der Waals surface area contributed by atoms with Crippen LogP contribution >= 0.6 is 0 Å². The van der Waals surface area contributed by atoms with Crippen molar-refractivity contribution in [3.63, 3.8) is 0 Å². The van der Waals surface area contributed by atoms with E-state index in [-0.39, 0.29) is 16.1 Å². The Kier molecular flexibility index (Phi) is 4.15. The monoisotopic (exact) mass is 320 g/mol. The second-order valence-electron chi connectivity index (χ2n) is 5.62. The Morgan fingerprint density at radius 3 is 2.09 bits per heavy atom. The van der Waals surface area contributed by atoms with Crippen molar-refractivity contribution in [2.45, 2.75) is 32.6 Å². The van der Waals surface area contributed by atoms with E-state index in [1.165, 1.54) is 4.57 Å². The van der Waals surface area contributed by atoms with Crippen molar-refractivity contribution in [3.05, 3.63) is 57.0 Å². The van der Waals surface area contributed by atoms with Gasteiger partial charge in [-0.3, -0.25) is 9.52 Å². The SMILES string of the molecule is Cc1cc(C)c(S(=O)(=O)Nc2c(C)ccn(C)c2=O)c(C)c1. The number of sulfonamides is 1. The molecule has 0 radical (unpaired) electrons. The van der Waals surface area contributed by atoms with E-state index in [1.54, 1.807) is 40.1 Å². The third-order valence-corrected chi connectivity index (χ3v) is 5.24. The van der Waals surface area contributed by atoms with Gasteiger partial charge in [0.1, 0.15) is 5.69 Å². The van der Waals surface area contributed by atoms with Crippen molar-refractivity contribution in [2.75, 3.05) is 4.72 Å². The van der Waals surface area contributed by atoms with Gasteiger partial charge >= 0.3 is 0 Å². The molecule has 6 heteroatoms. The van der Waals surface area contributed by atoms with Crippen LogP contribution in [0.1, 0.15) is 22.3 Å². The smallest absolute Gasteiger partial charge is 0.274 e. The van der Waals surface area contributed by atoms with Gasteiger partial charge in [-0.2, -0.15) is 0 Å². The van der Waals surface area contributed by atoms with Crippen LogP contribution in [-0.4, -0.2) is 13.0 Å². The number of nitrogens with zero attached hydrogens (tertiary/aromatic N) is 1. The first-order chi connectivity index (χ1) is 10.1. The second-order valence-corrected chi connectivity index (χ2v) is 7.24. The van der Waals surface area contributed by atoms with Crippen molar-refractivity contribution in [1.29, 1.82) is 0 Å². The Morgan fingerprint density at radius 1 is 1.00 bits per heavy atom. The number of benzene rings is 1. The largest absolute Gasteiger partial charge is 0.317 e. The first-order valence-corrected chi connectivity index (χ1v) is 8.38. The zero-order valence-electron chi connectivity index (χ0n) is 13.4. The molecule has 0 saturated heterocycles. The van der Waals surface area contributed by atoms with Crippen LogP contribution in [0.2, 0.25) is 0 Å². The molecule has 0 spiro atoms. The molecule has 2 aromatic rings. The summed E-state index contributed by atoms with van der Waals surface area (Å²) in [5.74, 6) is 0. The first-order valence-electron chi connectivity index (χ1n) is 6.90. The van der Waals surface area contributed by atoms with Crippen LogP contribution in [0.25, 0.3) is 0 Å². The Bertz CT molecular complexity index is 873. The molecule has 1 aromatic carbocycles. The van der Waals surface area contributed by atoms with Gasteiger partial charge in [0.15, 0.2) is 0 Å². The summed E-state index contributed by atoms with van der Waals surface area (Å²) in [6.07, 6.45) is 1.61. The predicted octanol–water partition coefficient (Wildman–Crippen LogP) is 2.42. The molecule has 1 N–H and O–H groups in total. The molecule has 22 heavy (non-hydrogen) atoms. The number of rotatable bonds is 3. The Labute approximate surface area is 130 Å². The fourth-order valence-electron chi connectivity index (χ4n) is 2.62. The molecule has 0 saturated carbocycles. The quantitative estimate of drug-likeness (QED) is 0.944. The Hall–Kier alpha value is -2.08. The zero-order chi connectivity index (χ0) is 16.7. The Morgan fingerprint density at radius 2 is 1.55 bits per heavy atom. The second kappa shape index (κ2) is 5.61. The molecular weight excluding hydrogens is 300 g/mol. The van der Waals surface area contributed by atoms with Gasteiger partial charge in [-0.25, -0.2) is 8.42 Å². The lowest BCUT2D eigenvalue weighted by Gasteiger charge is -2.15. The maximum Gasteiger partial charge on any atom is 0.274 e. The van der Waals surface area contributed by atoms with Gasteiger partial charge in [-0.1, -0.05) is 17.7 Å². The number of pyridine rings is 1. The summed E-state index contributed by atoms with van der Waals surface area (Å²) >= 11 is 0. The molecule has 0 unspecified atom stereocenters. The highest BCUT2D eigenvalue weighted by atomic mass is 32.2. The van der Waals surface area contributed by atoms with Crippen LogP contribution in [0.5, 0.6) is 0 Å². The van der Waals surface area contributed by atoms with Crippen LogP contribution in [0.3, 0.4) is 0 Å². The van der Waals surface area contributed by atoms with E-state index in [0.717, 1.165) is 5.56 Å². The van der Waals surface area contributed by atoms with Crippen molar-refractivity contribution in [2.24, 2.45) is 7.05 Å². The lowest BCUT2D eigenvalue weighted by Crippen LogP contribution is -2.26. The van der Waals surface area contributed by atoms with Crippen LogP contribution in [0.4, 0.5) is 5.69 Å². The number of nitrogens with one attached hydrogen (secondary N) is 1. The fourth-order valence-corrected chi connectivity index (χ4v) is 4.20. The normalized spacial score (nSPS) is 11.5. The van der Waals surface area contributed by atoms with E-state index >= 15 is 0 Å². The summed E-state index contributed by atoms with van der Waals surface area (Å²) in [5.41, 5.74) is 2.64. The van der Waals surface area contributed by atoms with Crippen LogP contribution < -0.4 is 10.3 Å². The molecule has 1 aromatic heterocycles. The summed E-state index contributed by atoms with van der Waals surface area (Å²) in [6.45, 7) is 7.13. The predicted molar refractivity (Wildman–Crippen MR) is 87.9 cm³/mol. The van der Waals surface area contributed by atoms with E-state index in [9.17, 15) is 13.2 Å². The number of aromatic nitrogens is 1. The summed E-state index contributed by atoms with van der Waals surface area (Å²) < 4.78 is 29.2. The maximum absolute atomic E-state index is 12.7. The highest BCUT2D eigenvalue weighted by Crippen LogP contribution is 2.24. The highest BCUT2D eigenvalue weighted by Gasteiger charge is 2.22. The van der Waals surface area contributed by atoms with E-state index in [1.807, 2.05) is 19.1 Å².